The van der Waals surface area contributed by atoms with Crippen molar-refractivity contribution >= 4 is 0 Å². The predicted octanol–water partition coefficient (Wildman–Crippen LogP) is 2.48. The Morgan fingerprint density at radius 3 is 2.80 bits per heavy atom. The SMILES string of the molecule is CCNC(CC)c1ccc2c(c1)OCO2. The van der Waals surface area contributed by atoms with Gasteiger partial charge in [-0.15, -0.1) is 0 Å². The van der Waals surface area contributed by atoms with Gasteiger partial charge in [-0.3, -0.25) is 0 Å². The van der Waals surface area contributed by atoms with Crippen LogP contribution in [0.3, 0.4) is 0 Å². The van der Waals surface area contributed by atoms with Gasteiger partial charge in [0.1, 0.15) is 0 Å². The molecule has 15 heavy (non-hydrogen) atoms. The molecule has 1 heterocycles. The lowest BCUT2D eigenvalue weighted by molar-refractivity contribution is 0.174. The van der Waals surface area contributed by atoms with Gasteiger partial charge >= 0.3 is 0 Å². The van der Waals surface area contributed by atoms with Crippen molar-refractivity contribution in [3.8, 4) is 11.5 Å². The highest BCUT2D eigenvalue weighted by Gasteiger charge is 2.16. The van der Waals surface area contributed by atoms with E-state index in [1.54, 1.807) is 0 Å². The summed E-state index contributed by atoms with van der Waals surface area (Å²) < 4.78 is 10.6. The third-order valence-electron chi connectivity index (χ3n) is 2.66. The van der Waals surface area contributed by atoms with Gasteiger partial charge < -0.3 is 14.8 Å². The number of hydrogen-bond acceptors (Lipinski definition) is 3. The lowest BCUT2D eigenvalue weighted by atomic mass is 10.0. The van der Waals surface area contributed by atoms with E-state index in [4.69, 9.17) is 9.47 Å². The molecule has 0 amide bonds. The number of rotatable bonds is 4. The second-order valence-corrected chi connectivity index (χ2v) is 3.63. The summed E-state index contributed by atoms with van der Waals surface area (Å²) in [4.78, 5) is 0. The number of benzene rings is 1. The van der Waals surface area contributed by atoms with Gasteiger partial charge in [0, 0.05) is 6.04 Å². The lowest BCUT2D eigenvalue weighted by Gasteiger charge is -2.16. The first-order chi connectivity index (χ1) is 7.35. The van der Waals surface area contributed by atoms with Crippen LogP contribution in [-0.2, 0) is 0 Å². The van der Waals surface area contributed by atoms with Gasteiger partial charge in [-0.2, -0.15) is 0 Å². The van der Waals surface area contributed by atoms with E-state index < -0.39 is 0 Å². The zero-order chi connectivity index (χ0) is 10.7. The molecule has 0 fully saturated rings. The summed E-state index contributed by atoms with van der Waals surface area (Å²) in [6, 6.07) is 6.56. The molecule has 0 aromatic heterocycles. The van der Waals surface area contributed by atoms with Crippen LogP contribution in [0.15, 0.2) is 18.2 Å². The number of ether oxygens (including phenoxy) is 2. The monoisotopic (exact) mass is 207 g/mol. The Morgan fingerprint density at radius 1 is 1.27 bits per heavy atom. The molecule has 1 N–H and O–H groups in total. The lowest BCUT2D eigenvalue weighted by Crippen LogP contribution is -2.19. The Morgan fingerprint density at radius 2 is 2.07 bits per heavy atom. The van der Waals surface area contributed by atoms with E-state index in [9.17, 15) is 0 Å². The van der Waals surface area contributed by atoms with E-state index in [1.807, 2.05) is 6.07 Å². The Balaban J connectivity index is 2.20. The largest absolute Gasteiger partial charge is 0.454 e. The minimum atomic E-state index is 0.344. The minimum Gasteiger partial charge on any atom is -0.454 e. The first-order valence-corrected chi connectivity index (χ1v) is 5.48. The van der Waals surface area contributed by atoms with E-state index in [0.717, 1.165) is 24.5 Å². The zero-order valence-corrected chi connectivity index (χ0v) is 9.25. The van der Waals surface area contributed by atoms with Crippen molar-refractivity contribution in [1.82, 2.24) is 5.32 Å². The minimum absolute atomic E-state index is 0.344. The van der Waals surface area contributed by atoms with Crippen LogP contribution in [0.4, 0.5) is 0 Å². The van der Waals surface area contributed by atoms with E-state index in [1.165, 1.54) is 5.56 Å². The molecule has 3 heteroatoms. The van der Waals surface area contributed by atoms with Gasteiger partial charge in [0.2, 0.25) is 6.79 Å². The fraction of sp³-hybridized carbons (Fsp3) is 0.500. The third-order valence-corrected chi connectivity index (χ3v) is 2.66. The average molecular weight is 207 g/mol. The third kappa shape index (κ3) is 2.07. The predicted molar refractivity (Wildman–Crippen MR) is 59.3 cm³/mol. The van der Waals surface area contributed by atoms with Gasteiger partial charge in [0.15, 0.2) is 11.5 Å². The standard InChI is InChI=1S/C12H17NO2/c1-3-10(13-4-2)9-5-6-11-12(7-9)15-8-14-11/h5-7,10,13H,3-4,8H2,1-2H3. The van der Waals surface area contributed by atoms with Crippen LogP contribution >= 0.6 is 0 Å². The molecule has 1 aliphatic rings. The summed E-state index contributed by atoms with van der Waals surface area (Å²) in [6.07, 6.45) is 1.08. The van der Waals surface area contributed by atoms with Gasteiger partial charge in [-0.1, -0.05) is 19.9 Å². The Bertz CT molecular complexity index is 338. The van der Waals surface area contributed by atoms with Crippen molar-refractivity contribution in [1.29, 1.82) is 0 Å². The summed E-state index contributed by atoms with van der Waals surface area (Å²) in [5, 5.41) is 3.44. The van der Waals surface area contributed by atoms with E-state index in [2.05, 4.69) is 31.3 Å². The van der Waals surface area contributed by atoms with Crippen LogP contribution in [-0.4, -0.2) is 13.3 Å². The molecule has 1 aromatic carbocycles. The van der Waals surface area contributed by atoms with Gasteiger partial charge in [0.25, 0.3) is 0 Å². The van der Waals surface area contributed by atoms with Crippen LogP contribution < -0.4 is 14.8 Å². The summed E-state index contributed by atoms with van der Waals surface area (Å²) in [6.45, 7) is 5.62. The normalized spacial score (nSPS) is 15.3. The topological polar surface area (TPSA) is 30.5 Å². The quantitative estimate of drug-likeness (QED) is 0.822. The molecule has 0 aliphatic carbocycles. The van der Waals surface area contributed by atoms with Crippen molar-refractivity contribution < 1.29 is 9.47 Å². The summed E-state index contributed by atoms with van der Waals surface area (Å²) in [5.74, 6) is 1.72. The fourth-order valence-electron chi connectivity index (χ4n) is 1.87. The molecular formula is C12H17NO2. The summed E-state index contributed by atoms with van der Waals surface area (Å²) in [7, 11) is 0. The van der Waals surface area contributed by atoms with Crippen LogP contribution in [0.2, 0.25) is 0 Å². The zero-order valence-electron chi connectivity index (χ0n) is 9.25. The Hall–Kier alpha value is -1.22. The number of nitrogens with one attached hydrogen (secondary N) is 1. The molecular weight excluding hydrogens is 190 g/mol. The molecule has 1 atom stereocenters. The van der Waals surface area contributed by atoms with Crippen molar-refractivity contribution in [3.63, 3.8) is 0 Å². The molecule has 1 unspecified atom stereocenters. The molecule has 0 spiro atoms. The first kappa shape index (κ1) is 10.3. The van der Waals surface area contributed by atoms with E-state index in [0.29, 0.717) is 12.8 Å². The second-order valence-electron chi connectivity index (χ2n) is 3.63. The van der Waals surface area contributed by atoms with Crippen LogP contribution in [0.1, 0.15) is 31.9 Å². The van der Waals surface area contributed by atoms with Crippen molar-refractivity contribution in [2.75, 3.05) is 13.3 Å². The highest BCUT2D eigenvalue weighted by Crippen LogP contribution is 2.34. The Kier molecular flexibility index (Phi) is 3.11. The fourth-order valence-corrected chi connectivity index (χ4v) is 1.87. The smallest absolute Gasteiger partial charge is 0.231 e. The van der Waals surface area contributed by atoms with Crippen molar-refractivity contribution in [2.24, 2.45) is 0 Å². The molecule has 2 rings (SSSR count). The maximum Gasteiger partial charge on any atom is 0.231 e. The molecule has 82 valence electrons. The van der Waals surface area contributed by atoms with E-state index in [-0.39, 0.29) is 0 Å². The van der Waals surface area contributed by atoms with Crippen LogP contribution in [0.5, 0.6) is 11.5 Å². The van der Waals surface area contributed by atoms with E-state index >= 15 is 0 Å². The van der Waals surface area contributed by atoms with Gasteiger partial charge in [0.05, 0.1) is 0 Å². The summed E-state index contributed by atoms with van der Waals surface area (Å²) >= 11 is 0. The molecule has 0 saturated heterocycles. The molecule has 1 aliphatic heterocycles. The Labute approximate surface area is 90.4 Å². The van der Waals surface area contributed by atoms with Gasteiger partial charge in [-0.05, 0) is 30.7 Å². The molecule has 0 radical (unpaired) electrons. The van der Waals surface area contributed by atoms with Gasteiger partial charge in [-0.25, -0.2) is 0 Å². The number of fused-ring (bicyclic) bond motifs is 1. The summed E-state index contributed by atoms with van der Waals surface area (Å²) in [5.41, 5.74) is 1.27. The number of hydrogen-bond donors (Lipinski definition) is 1. The average Bonchev–Trinajstić information content (AvgIpc) is 2.72. The second kappa shape index (κ2) is 4.53. The first-order valence-electron chi connectivity index (χ1n) is 5.48. The van der Waals surface area contributed by atoms with Crippen LogP contribution in [0.25, 0.3) is 0 Å². The van der Waals surface area contributed by atoms with Crippen molar-refractivity contribution in [3.05, 3.63) is 23.8 Å². The molecule has 0 bridgehead atoms. The van der Waals surface area contributed by atoms with Crippen molar-refractivity contribution in [2.45, 2.75) is 26.3 Å². The molecule has 0 saturated carbocycles. The van der Waals surface area contributed by atoms with Crippen LogP contribution in [0, 0.1) is 0 Å². The molecule has 3 nitrogen and oxygen atoms in total. The highest BCUT2D eigenvalue weighted by atomic mass is 16.7. The molecule has 1 aromatic rings. The maximum atomic E-state index is 5.36. The maximum absolute atomic E-state index is 5.36. The highest BCUT2D eigenvalue weighted by molar-refractivity contribution is 5.45.